The topological polar surface area (TPSA) is 62.2 Å². The zero-order chi connectivity index (χ0) is 11.1. The van der Waals surface area contributed by atoms with Gasteiger partial charge in [-0.15, -0.1) is 0 Å². The first kappa shape index (κ1) is 12.9. The van der Waals surface area contributed by atoms with Crippen molar-refractivity contribution >= 4 is 0 Å². The molecule has 0 saturated carbocycles. The summed E-state index contributed by atoms with van der Waals surface area (Å²) in [5.41, 5.74) is 0. The van der Waals surface area contributed by atoms with E-state index in [0.29, 0.717) is 13.2 Å². The van der Waals surface area contributed by atoms with Gasteiger partial charge in [0.05, 0.1) is 32.0 Å². The van der Waals surface area contributed by atoms with E-state index in [2.05, 4.69) is 4.90 Å². The van der Waals surface area contributed by atoms with Crippen LogP contribution in [0.1, 0.15) is 6.42 Å². The minimum atomic E-state index is -0.154. The summed E-state index contributed by atoms with van der Waals surface area (Å²) in [6.07, 6.45) is 1.01. The standard InChI is InChI=1S/C10H21NO4/c1-14-4-2-10-6-11(3-5-15-10)9(7-12)8-13/h9-10,12-13H,2-8H2,1H3. The minimum Gasteiger partial charge on any atom is -0.395 e. The van der Waals surface area contributed by atoms with Gasteiger partial charge in [0.2, 0.25) is 0 Å². The Morgan fingerprint density at radius 2 is 2.20 bits per heavy atom. The van der Waals surface area contributed by atoms with Gasteiger partial charge < -0.3 is 19.7 Å². The van der Waals surface area contributed by atoms with Crippen LogP contribution in [0.4, 0.5) is 0 Å². The Hall–Kier alpha value is -0.200. The van der Waals surface area contributed by atoms with Crippen molar-refractivity contribution in [2.45, 2.75) is 18.6 Å². The van der Waals surface area contributed by atoms with E-state index in [9.17, 15) is 0 Å². The second-order valence-electron chi connectivity index (χ2n) is 3.79. The fourth-order valence-corrected chi connectivity index (χ4v) is 1.79. The minimum absolute atomic E-state index is 0.00645. The Labute approximate surface area is 90.6 Å². The van der Waals surface area contributed by atoms with Crippen molar-refractivity contribution in [1.29, 1.82) is 0 Å². The monoisotopic (exact) mass is 219 g/mol. The molecule has 1 fully saturated rings. The zero-order valence-electron chi connectivity index (χ0n) is 9.26. The lowest BCUT2D eigenvalue weighted by molar-refractivity contribution is -0.0673. The van der Waals surface area contributed by atoms with Crippen LogP contribution in [-0.2, 0) is 9.47 Å². The largest absolute Gasteiger partial charge is 0.395 e. The molecular formula is C10H21NO4. The quantitative estimate of drug-likeness (QED) is 0.605. The molecule has 15 heavy (non-hydrogen) atoms. The van der Waals surface area contributed by atoms with Gasteiger partial charge in [0.25, 0.3) is 0 Å². The molecule has 5 nitrogen and oxygen atoms in total. The van der Waals surface area contributed by atoms with Crippen molar-refractivity contribution in [3.05, 3.63) is 0 Å². The van der Waals surface area contributed by atoms with Gasteiger partial charge in [-0.25, -0.2) is 0 Å². The third kappa shape index (κ3) is 4.04. The summed E-state index contributed by atoms with van der Waals surface area (Å²) in [7, 11) is 1.67. The average molecular weight is 219 g/mol. The van der Waals surface area contributed by atoms with Gasteiger partial charge in [0.1, 0.15) is 0 Å². The maximum atomic E-state index is 9.07. The Morgan fingerprint density at radius 1 is 1.47 bits per heavy atom. The lowest BCUT2D eigenvalue weighted by Crippen LogP contribution is -2.50. The second kappa shape index (κ2) is 7.14. The maximum absolute atomic E-state index is 9.07. The van der Waals surface area contributed by atoms with Gasteiger partial charge in [-0.2, -0.15) is 0 Å². The lowest BCUT2D eigenvalue weighted by Gasteiger charge is -2.36. The van der Waals surface area contributed by atoms with E-state index >= 15 is 0 Å². The van der Waals surface area contributed by atoms with Crippen molar-refractivity contribution in [2.24, 2.45) is 0 Å². The average Bonchev–Trinajstić information content (AvgIpc) is 2.29. The summed E-state index contributed by atoms with van der Waals surface area (Å²) >= 11 is 0. The molecule has 0 aromatic rings. The van der Waals surface area contributed by atoms with E-state index in [1.54, 1.807) is 7.11 Å². The van der Waals surface area contributed by atoms with E-state index in [0.717, 1.165) is 19.5 Å². The number of rotatable bonds is 6. The van der Waals surface area contributed by atoms with E-state index in [1.165, 1.54) is 0 Å². The first-order valence-corrected chi connectivity index (χ1v) is 5.38. The van der Waals surface area contributed by atoms with Crippen LogP contribution in [0.2, 0.25) is 0 Å². The normalized spacial score (nSPS) is 23.6. The van der Waals surface area contributed by atoms with Crippen LogP contribution in [0.15, 0.2) is 0 Å². The summed E-state index contributed by atoms with van der Waals surface area (Å²) in [4.78, 5) is 2.07. The van der Waals surface area contributed by atoms with Gasteiger partial charge in [-0.05, 0) is 6.42 Å². The van der Waals surface area contributed by atoms with Crippen LogP contribution < -0.4 is 0 Å². The van der Waals surface area contributed by atoms with Gasteiger partial charge >= 0.3 is 0 Å². The summed E-state index contributed by atoms with van der Waals surface area (Å²) in [5, 5.41) is 18.1. The molecule has 0 aromatic heterocycles. The van der Waals surface area contributed by atoms with Gasteiger partial charge in [0.15, 0.2) is 0 Å². The Bertz CT molecular complexity index is 164. The molecule has 0 aliphatic carbocycles. The summed E-state index contributed by atoms with van der Waals surface area (Å²) in [6.45, 7) is 2.86. The molecule has 0 aromatic carbocycles. The summed E-state index contributed by atoms with van der Waals surface area (Å²) in [6, 6.07) is -0.154. The zero-order valence-corrected chi connectivity index (χ0v) is 9.26. The van der Waals surface area contributed by atoms with Crippen molar-refractivity contribution in [3.63, 3.8) is 0 Å². The maximum Gasteiger partial charge on any atom is 0.0724 e. The van der Waals surface area contributed by atoms with Crippen molar-refractivity contribution < 1.29 is 19.7 Å². The van der Waals surface area contributed by atoms with Crippen LogP contribution in [-0.4, -0.2) is 73.9 Å². The summed E-state index contributed by atoms with van der Waals surface area (Å²) in [5.74, 6) is 0. The lowest BCUT2D eigenvalue weighted by atomic mass is 10.1. The van der Waals surface area contributed by atoms with Crippen molar-refractivity contribution in [2.75, 3.05) is 46.6 Å². The fourth-order valence-electron chi connectivity index (χ4n) is 1.79. The molecule has 2 N–H and O–H groups in total. The number of nitrogens with zero attached hydrogens (tertiary/aromatic N) is 1. The van der Waals surface area contributed by atoms with Crippen LogP contribution in [0.3, 0.4) is 0 Å². The molecule has 1 saturated heterocycles. The molecule has 0 spiro atoms. The Kier molecular flexibility index (Phi) is 6.12. The molecule has 90 valence electrons. The first-order chi connectivity index (χ1) is 7.31. The number of morpholine rings is 1. The van der Waals surface area contributed by atoms with Gasteiger partial charge in [-0.1, -0.05) is 0 Å². The van der Waals surface area contributed by atoms with Crippen LogP contribution in [0.25, 0.3) is 0 Å². The Morgan fingerprint density at radius 3 is 2.80 bits per heavy atom. The first-order valence-electron chi connectivity index (χ1n) is 5.38. The number of aliphatic hydroxyl groups excluding tert-OH is 2. The predicted octanol–water partition coefficient (Wildman–Crippen LogP) is -0.923. The number of methoxy groups -OCH3 is 1. The number of hydrogen-bond donors (Lipinski definition) is 2. The highest BCUT2D eigenvalue weighted by atomic mass is 16.5. The smallest absolute Gasteiger partial charge is 0.0724 e. The number of aliphatic hydroxyl groups is 2. The highest BCUT2D eigenvalue weighted by molar-refractivity contribution is 4.77. The molecule has 0 radical (unpaired) electrons. The second-order valence-corrected chi connectivity index (χ2v) is 3.79. The van der Waals surface area contributed by atoms with Crippen molar-refractivity contribution in [1.82, 2.24) is 4.90 Å². The molecular weight excluding hydrogens is 198 g/mol. The highest BCUT2D eigenvalue weighted by Gasteiger charge is 2.25. The van der Waals surface area contributed by atoms with E-state index in [-0.39, 0.29) is 25.4 Å². The SMILES string of the molecule is COCCC1CN(C(CO)CO)CCO1. The molecule has 0 bridgehead atoms. The molecule has 1 atom stereocenters. The van der Waals surface area contributed by atoms with Crippen molar-refractivity contribution in [3.8, 4) is 0 Å². The van der Waals surface area contributed by atoms with Gasteiger partial charge in [0, 0.05) is 26.8 Å². The molecule has 1 rings (SSSR count). The van der Waals surface area contributed by atoms with Crippen LogP contribution >= 0.6 is 0 Å². The van der Waals surface area contributed by atoms with E-state index in [1.807, 2.05) is 0 Å². The third-order valence-corrected chi connectivity index (χ3v) is 2.75. The van der Waals surface area contributed by atoms with E-state index in [4.69, 9.17) is 19.7 Å². The molecule has 1 unspecified atom stereocenters. The number of hydrogen-bond acceptors (Lipinski definition) is 5. The molecule has 0 amide bonds. The van der Waals surface area contributed by atoms with Gasteiger partial charge in [-0.3, -0.25) is 4.90 Å². The third-order valence-electron chi connectivity index (χ3n) is 2.75. The molecule has 1 aliphatic heterocycles. The predicted molar refractivity (Wildman–Crippen MR) is 55.8 cm³/mol. The molecule has 1 aliphatic rings. The molecule has 5 heteroatoms. The molecule has 1 heterocycles. The van der Waals surface area contributed by atoms with Crippen LogP contribution in [0, 0.1) is 0 Å². The number of ether oxygens (including phenoxy) is 2. The van der Waals surface area contributed by atoms with E-state index < -0.39 is 0 Å². The highest BCUT2D eigenvalue weighted by Crippen LogP contribution is 2.11. The Balaban J connectivity index is 2.33. The van der Waals surface area contributed by atoms with Crippen LogP contribution in [0.5, 0.6) is 0 Å². The fraction of sp³-hybridized carbons (Fsp3) is 1.00. The summed E-state index contributed by atoms with van der Waals surface area (Å²) < 4.78 is 10.6.